The molecule has 0 radical (unpaired) electrons. The van der Waals surface area contributed by atoms with E-state index >= 15 is 0 Å². The molecular formula is C13H17BrN2O3. The van der Waals surface area contributed by atoms with Crippen LogP contribution in [0.3, 0.4) is 0 Å². The van der Waals surface area contributed by atoms with Crippen molar-refractivity contribution < 1.29 is 14.7 Å². The number of benzene rings is 1. The van der Waals surface area contributed by atoms with E-state index in [9.17, 15) is 14.7 Å². The van der Waals surface area contributed by atoms with E-state index < -0.39 is 0 Å². The topological polar surface area (TPSA) is 78.4 Å². The molecule has 0 aliphatic carbocycles. The van der Waals surface area contributed by atoms with Gasteiger partial charge in [-0.05, 0) is 48.0 Å². The minimum atomic E-state index is -0.319. The molecule has 1 rings (SSSR count). The Morgan fingerprint density at radius 3 is 2.63 bits per heavy atom. The van der Waals surface area contributed by atoms with E-state index in [2.05, 4.69) is 26.6 Å². The minimum absolute atomic E-state index is 0.00482. The highest BCUT2D eigenvalue weighted by atomic mass is 79.9. The Labute approximate surface area is 120 Å². The summed E-state index contributed by atoms with van der Waals surface area (Å²) in [7, 11) is 0. The van der Waals surface area contributed by atoms with E-state index in [0.717, 1.165) is 0 Å². The molecule has 6 heteroatoms. The van der Waals surface area contributed by atoms with Crippen LogP contribution in [0.25, 0.3) is 0 Å². The summed E-state index contributed by atoms with van der Waals surface area (Å²) in [6.45, 7) is 4.01. The van der Waals surface area contributed by atoms with Crippen molar-refractivity contribution in [3.63, 3.8) is 0 Å². The predicted octanol–water partition coefficient (Wildman–Crippen LogP) is 1.80. The number of carbonyl (C=O) groups is 2. The number of hydrogen-bond donors (Lipinski definition) is 3. The summed E-state index contributed by atoms with van der Waals surface area (Å²) in [5.41, 5.74) is 0.352. The fraction of sp³-hybridized carbons (Fsp3) is 0.385. The number of phenols is 1. The third kappa shape index (κ3) is 5.30. The summed E-state index contributed by atoms with van der Waals surface area (Å²) in [6.07, 6.45) is 0.229. The van der Waals surface area contributed by atoms with Gasteiger partial charge in [0.2, 0.25) is 5.91 Å². The van der Waals surface area contributed by atoms with Crippen LogP contribution in [0.4, 0.5) is 0 Å². The Bertz CT molecular complexity index is 475. The zero-order valence-corrected chi connectivity index (χ0v) is 12.5. The summed E-state index contributed by atoms with van der Waals surface area (Å²) in [5, 5.41) is 14.8. The highest BCUT2D eigenvalue weighted by molar-refractivity contribution is 9.10. The maximum Gasteiger partial charge on any atom is 0.251 e. The Hall–Kier alpha value is -1.56. The second-order valence-electron chi connectivity index (χ2n) is 4.39. The van der Waals surface area contributed by atoms with Gasteiger partial charge in [-0.25, -0.2) is 0 Å². The number of amides is 2. The molecule has 0 fully saturated rings. The highest BCUT2D eigenvalue weighted by Crippen LogP contribution is 2.24. The molecule has 3 N–H and O–H groups in total. The van der Waals surface area contributed by atoms with E-state index in [1.54, 1.807) is 12.1 Å². The van der Waals surface area contributed by atoms with Gasteiger partial charge in [0.15, 0.2) is 0 Å². The van der Waals surface area contributed by atoms with Crippen LogP contribution in [-0.4, -0.2) is 29.5 Å². The molecule has 0 heterocycles. The predicted molar refractivity (Wildman–Crippen MR) is 76.0 cm³/mol. The van der Waals surface area contributed by atoms with Crippen LogP contribution < -0.4 is 10.6 Å². The summed E-state index contributed by atoms with van der Waals surface area (Å²) >= 11 is 3.14. The monoisotopic (exact) mass is 328 g/mol. The van der Waals surface area contributed by atoms with E-state index in [1.165, 1.54) is 6.07 Å². The average molecular weight is 329 g/mol. The first kappa shape index (κ1) is 15.5. The van der Waals surface area contributed by atoms with Gasteiger partial charge in [0, 0.05) is 24.6 Å². The lowest BCUT2D eigenvalue weighted by atomic mass is 10.2. The van der Waals surface area contributed by atoms with Gasteiger partial charge < -0.3 is 15.7 Å². The van der Waals surface area contributed by atoms with Gasteiger partial charge >= 0.3 is 0 Å². The molecule has 19 heavy (non-hydrogen) atoms. The summed E-state index contributed by atoms with van der Waals surface area (Å²) in [5.74, 6) is -0.417. The first-order valence-electron chi connectivity index (χ1n) is 5.96. The molecule has 1 aromatic rings. The molecule has 5 nitrogen and oxygen atoms in total. The number of hydrogen-bond acceptors (Lipinski definition) is 3. The fourth-order valence-electron chi connectivity index (χ4n) is 1.44. The van der Waals surface area contributed by atoms with Crippen molar-refractivity contribution in [2.24, 2.45) is 0 Å². The van der Waals surface area contributed by atoms with E-state index in [0.29, 0.717) is 10.0 Å². The second kappa shape index (κ2) is 7.13. The van der Waals surface area contributed by atoms with Crippen LogP contribution in [0.2, 0.25) is 0 Å². The minimum Gasteiger partial charge on any atom is -0.507 e. The Kier molecular flexibility index (Phi) is 5.82. The highest BCUT2D eigenvalue weighted by Gasteiger charge is 2.09. The van der Waals surface area contributed by atoms with Crippen LogP contribution in [0.5, 0.6) is 5.75 Å². The molecule has 0 aliphatic rings. The van der Waals surface area contributed by atoms with Crippen molar-refractivity contribution in [2.45, 2.75) is 26.3 Å². The number of phenolic OH excluding ortho intramolecular Hbond substituents is 1. The molecule has 0 saturated heterocycles. The SMILES string of the molecule is CC(C)NC(=O)CCNC(=O)c1ccc(Br)c(O)c1. The fourth-order valence-corrected chi connectivity index (χ4v) is 1.69. The molecular weight excluding hydrogens is 312 g/mol. The summed E-state index contributed by atoms with van der Waals surface area (Å²) in [6, 6.07) is 4.64. The largest absolute Gasteiger partial charge is 0.507 e. The number of halogens is 1. The third-order valence-electron chi connectivity index (χ3n) is 2.30. The number of nitrogens with one attached hydrogen (secondary N) is 2. The summed E-state index contributed by atoms with van der Waals surface area (Å²) in [4.78, 5) is 23.1. The molecule has 1 aromatic carbocycles. The standard InChI is InChI=1S/C13H17BrN2O3/c1-8(2)16-12(18)5-6-15-13(19)9-3-4-10(14)11(17)7-9/h3-4,7-8,17H,5-6H2,1-2H3,(H,15,19)(H,16,18). The molecule has 104 valence electrons. The van der Waals surface area contributed by atoms with Gasteiger partial charge in [-0.15, -0.1) is 0 Å². The Balaban J connectivity index is 2.43. The Morgan fingerprint density at radius 1 is 1.37 bits per heavy atom. The second-order valence-corrected chi connectivity index (χ2v) is 5.25. The number of rotatable bonds is 5. The molecule has 0 unspecified atom stereocenters. The first-order valence-corrected chi connectivity index (χ1v) is 6.75. The van der Waals surface area contributed by atoms with E-state index in [4.69, 9.17) is 0 Å². The lowest BCUT2D eigenvalue weighted by Gasteiger charge is -2.09. The quantitative estimate of drug-likeness (QED) is 0.771. The van der Waals surface area contributed by atoms with Gasteiger partial charge in [-0.2, -0.15) is 0 Å². The van der Waals surface area contributed by atoms with Crippen LogP contribution in [0.15, 0.2) is 22.7 Å². The maximum atomic E-state index is 11.7. The van der Waals surface area contributed by atoms with Gasteiger partial charge in [0.25, 0.3) is 5.91 Å². The van der Waals surface area contributed by atoms with Crippen molar-refractivity contribution in [2.75, 3.05) is 6.54 Å². The summed E-state index contributed by atoms with van der Waals surface area (Å²) < 4.78 is 0.528. The lowest BCUT2D eigenvalue weighted by Crippen LogP contribution is -2.34. The lowest BCUT2D eigenvalue weighted by molar-refractivity contribution is -0.121. The number of carbonyl (C=O) groups excluding carboxylic acids is 2. The average Bonchev–Trinajstić information content (AvgIpc) is 2.31. The first-order chi connectivity index (χ1) is 8.90. The zero-order valence-electron chi connectivity index (χ0n) is 10.9. The molecule has 0 aromatic heterocycles. The number of aromatic hydroxyl groups is 1. The van der Waals surface area contributed by atoms with Gasteiger partial charge in [0.05, 0.1) is 4.47 Å². The molecule has 0 bridgehead atoms. The van der Waals surface area contributed by atoms with Gasteiger partial charge in [-0.1, -0.05) is 0 Å². The van der Waals surface area contributed by atoms with Crippen molar-refractivity contribution in [1.29, 1.82) is 0 Å². The molecule has 0 atom stereocenters. The van der Waals surface area contributed by atoms with E-state index in [1.807, 2.05) is 13.8 Å². The van der Waals surface area contributed by atoms with Crippen LogP contribution in [0.1, 0.15) is 30.6 Å². The van der Waals surface area contributed by atoms with Crippen molar-refractivity contribution in [3.05, 3.63) is 28.2 Å². The zero-order chi connectivity index (χ0) is 14.4. The van der Waals surface area contributed by atoms with Crippen molar-refractivity contribution in [1.82, 2.24) is 10.6 Å². The van der Waals surface area contributed by atoms with Crippen LogP contribution in [0, 0.1) is 0 Å². The van der Waals surface area contributed by atoms with Gasteiger partial charge in [-0.3, -0.25) is 9.59 Å². The smallest absolute Gasteiger partial charge is 0.251 e. The Morgan fingerprint density at radius 2 is 2.05 bits per heavy atom. The van der Waals surface area contributed by atoms with Crippen LogP contribution in [-0.2, 0) is 4.79 Å². The van der Waals surface area contributed by atoms with Crippen LogP contribution >= 0.6 is 15.9 Å². The van der Waals surface area contributed by atoms with E-state index in [-0.39, 0.29) is 36.6 Å². The molecule has 0 spiro atoms. The normalized spacial score (nSPS) is 10.3. The van der Waals surface area contributed by atoms with Gasteiger partial charge in [0.1, 0.15) is 5.75 Å². The molecule has 2 amide bonds. The third-order valence-corrected chi connectivity index (χ3v) is 2.97. The van der Waals surface area contributed by atoms with Crippen molar-refractivity contribution >= 4 is 27.7 Å². The maximum absolute atomic E-state index is 11.7. The molecule has 0 aliphatic heterocycles. The van der Waals surface area contributed by atoms with Crippen molar-refractivity contribution in [3.8, 4) is 5.75 Å². The molecule has 0 saturated carbocycles.